The highest BCUT2D eigenvalue weighted by Crippen LogP contribution is 2.40. The lowest BCUT2D eigenvalue weighted by Crippen LogP contribution is -2.37. The number of carbonyl (C=O) groups excluding carboxylic acids is 1. The van der Waals surface area contributed by atoms with E-state index in [1.54, 1.807) is 0 Å². The minimum absolute atomic E-state index is 0.120. The number of unbranched alkanes of at least 4 members (excludes halogenated alkanes) is 1. The van der Waals surface area contributed by atoms with Crippen molar-refractivity contribution in [2.45, 2.75) is 38.0 Å². The Morgan fingerprint density at radius 3 is 2.22 bits per heavy atom. The zero-order valence-electron chi connectivity index (χ0n) is 21.2. The number of likely N-dealkylation sites (tertiary alicyclic amines) is 2. The molecule has 2 unspecified atom stereocenters. The first-order valence-corrected chi connectivity index (χ1v) is 13.5. The quantitative estimate of drug-likeness (QED) is 0.343. The molecule has 2 atom stereocenters. The average Bonchev–Trinajstić information content (AvgIpc) is 3.54. The molecule has 3 aromatic carbocycles. The fourth-order valence-corrected chi connectivity index (χ4v) is 5.92. The van der Waals surface area contributed by atoms with Gasteiger partial charge in [-0.05, 0) is 68.5 Å². The van der Waals surface area contributed by atoms with Gasteiger partial charge >= 0.3 is 0 Å². The van der Waals surface area contributed by atoms with Gasteiger partial charge in [0.1, 0.15) is 5.75 Å². The average molecular weight is 483 g/mol. The van der Waals surface area contributed by atoms with Gasteiger partial charge in [-0.1, -0.05) is 78.9 Å². The van der Waals surface area contributed by atoms with Gasteiger partial charge in [0.05, 0.1) is 12.5 Å². The van der Waals surface area contributed by atoms with Gasteiger partial charge in [0.15, 0.2) is 0 Å². The molecular formula is C32H38N2O2. The number of carbonyl (C=O) groups is 1. The number of benzene rings is 3. The molecule has 5 rings (SSSR count). The number of nitrogens with zero attached hydrogens (tertiary/aromatic N) is 2. The van der Waals surface area contributed by atoms with Crippen LogP contribution in [0, 0.1) is 5.41 Å². The molecule has 2 heterocycles. The topological polar surface area (TPSA) is 32.8 Å². The molecule has 4 heteroatoms. The fraction of sp³-hybridized carbons (Fsp3) is 0.406. The van der Waals surface area contributed by atoms with Crippen LogP contribution in [0.1, 0.15) is 42.7 Å². The van der Waals surface area contributed by atoms with Gasteiger partial charge in [-0.25, -0.2) is 0 Å². The maximum atomic E-state index is 13.8. The van der Waals surface area contributed by atoms with E-state index in [1.807, 2.05) is 54.6 Å². The van der Waals surface area contributed by atoms with Crippen LogP contribution in [0.5, 0.6) is 5.75 Å². The predicted octanol–water partition coefficient (Wildman–Crippen LogP) is 5.80. The summed E-state index contributed by atoms with van der Waals surface area (Å²) >= 11 is 0. The van der Waals surface area contributed by atoms with Gasteiger partial charge in [-0.3, -0.25) is 4.79 Å². The Morgan fingerprint density at radius 2 is 1.47 bits per heavy atom. The lowest BCUT2D eigenvalue weighted by Gasteiger charge is -2.27. The summed E-state index contributed by atoms with van der Waals surface area (Å²) in [5.74, 6) is 1.12. The molecule has 0 radical (unpaired) electrons. The number of ether oxygens (including phenoxy) is 1. The van der Waals surface area contributed by atoms with E-state index in [0.29, 0.717) is 5.91 Å². The monoisotopic (exact) mass is 482 g/mol. The molecular weight excluding hydrogens is 444 g/mol. The van der Waals surface area contributed by atoms with Crippen LogP contribution in [-0.4, -0.2) is 55.0 Å². The van der Waals surface area contributed by atoms with Crippen molar-refractivity contribution < 1.29 is 9.53 Å². The largest absolute Gasteiger partial charge is 0.494 e. The molecule has 0 N–H and O–H groups in total. The summed E-state index contributed by atoms with van der Waals surface area (Å²) in [6.45, 7) is 5.94. The van der Waals surface area contributed by atoms with Crippen molar-refractivity contribution in [3.05, 3.63) is 102 Å². The van der Waals surface area contributed by atoms with Crippen LogP contribution in [0.25, 0.3) is 0 Å². The summed E-state index contributed by atoms with van der Waals surface area (Å²) < 4.78 is 5.84. The maximum Gasteiger partial charge on any atom is 0.230 e. The summed E-state index contributed by atoms with van der Waals surface area (Å²) in [6, 6.07) is 30.8. The lowest BCUT2D eigenvalue weighted by molar-refractivity contribution is -0.132. The standard InChI is InChI=1S/C32H38N2O2/c35-31(30(28-14-6-2-7-15-28)24-27-12-4-1-5-13-27)34-22-19-32(26-34)18-21-33(25-32)20-10-11-23-36-29-16-8-3-9-17-29/h1-9,12-17,30H,10-11,18-26H2. The van der Waals surface area contributed by atoms with E-state index in [9.17, 15) is 4.79 Å². The van der Waals surface area contributed by atoms with Crippen LogP contribution in [0.2, 0.25) is 0 Å². The fourth-order valence-electron chi connectivity index (χ4n) is 5.92. The molecule has 0 aromatic heterocycles. The third-order valence-electron chi connectivity index (χ3n) is 7.93. The maximum absolute atomic E-state index is 13.8. The second kappa shape index (κ2) is 11.7. The highest BCUT2D eigenvalue weighted by molar-refractivity contribution is 5.84. The van der Waals surface area contributed by atoms with Crippen LogP contribution in [0.15, 0.2) is 91.0 Å². The molecule has 36 heavy (non-hydrogen) atoms. The number of rotatable bonds is 10. The molecule has 2 saturated heterocycles. The molecule has 1 amide bonds. The first-order chi connectivity index (χ1) is 17.7. The van der Waals surface area contributed by atoms with Gasteiger partial charge in [0, 0.05) is 25.0 Å². The molecule has 3 aromatic rings. The Kier molecular flexibility index (Phi) is 8.02. The van der Waals surface area contributed by atoms with Crippen molar-refractivity contribution in [2.24, 2.45) is 5.41 Å². The molecule has 4 nitrogen and oxygen atoms in total. The van der Waals surface area contributed by atoms with E-state index in [4.69, 9.17) is 4.74 Å². The van der Waals surface area contributed by atoms with Gasteiger partial charge in [0.25, 0.3) is 0 Å². The van der Waals surface area contributed by atoms with Gasteiger partial charge < -0.3 is 14.5 Å². The van der Waals surface area contributed by atoms with E-state index in [0.717, 1.165) is 76.3 Å². The molecule has 0 aliphatic carbocycles. The van der Waals surface area contributed by atoms with Gasteiger partial charge in [0.2, 0.25) is 5.91 Å². The van der Waals surface area contributed by atoms with Crippen LogP contribution in [-0.2, 0) is 11.2 Å². The summed E-state index contributed by atoms with van der Waals surface area (Å²) in [7, 11) is 0. The highest BCUT2D eigenvalue weighted by Gasteiger charge is 2.45. The van der Waals surface area contributed by atoms with Crippen molar-refractivity contribution in [1.82, 2.24) is 9.80 Å². The van der Waals surface area contributed by atoms with Crippen molar-refractivity contribution in [1.29, 1.82) is 0 Å². The zero-order chi connectivity index (χ0) is 24.6. The zero-order valence-corrected chi connectivity index (χ0v) is 21.2. The van der Waals surface area contributed by atoms with E-state index < -0.39 is 0 Å². The minimum Gasteiger partial charge on any atom is -0.494 e. The number of para-hydroxylation sites is 1. The van der Waals surface area contributed by atoms with Crippen LogP contribution >= 0.6 is 0 Å². The van der Waals surface area contributed by atoms with Crippen molar-refractivity contribution >= 4 is 5.91 Å². The van der Waals surface area contributed by atoms with E-state index in [2.05, 4.69) is 46.2 Å². The molecule has 1 spiro atoms. The van der Waals surface area contributed by atoms with Crippen LogP contribution in [0.4, 0.5) is 0 Å². The lowest BCUT2D eigenvalue weighted by atomic mass is 9.86. The number of amides is 1. The summed E-state index contributed by atoms with van der Waals surface area (Å²) in [6.07, 6.45) is 5.30. The molecule has 0 bridgehead atoms. The third-order valence-corrected chi connectivity index (χ3v) is 7.93. The highest BCUT2D eigenvalue weighted by atomic mass is 16.5. The van der Waals surface area contributed by atoms with Crippen molar-refractivity contribution in [2.75, 3.05) is 39.3 Å². The Hall–Kier alpha value is -3.11. The number of hydrogen-bond acceptors (Lipinski definition) is 3. The first-order valence-electron chi connectivity index (χ1n) is 13.5. The van der Waals surface area contributed by atoms with Gasteiger partial charge in [-0.2, -0.15) is 0 Å². The van der Waals surface area contributed by atoms with E-state index in [1.165, 1.54) is 12.0 Å². The van der Waals surface area contributed by atoms with Crippen LogP contribution < -0.4 is 4.74 Å². The van der Waals surface area contributed by atoms with Crippen molar-refractivity contribution in [3.8, 4) is 5.75 Å². The summed E-state index contributed by atoms with van der Waals surface area (Å²) in [5, 5.41) is 0. The van der Waals surface area contributed by atoms with E-state index >= 15 is 0 Å². The Labute approximate surface area is 215 Å². The predicted molar refractivity (Wildman–Crippen MR) is 145 cm³/mol. The number of hydrogen-bond donors (Lipinski definition) is 0. The Morgan fingerprint density at radius 1 is 0.806 bits per heavy atom. The molecule has 2 aliphatic rings. The van der Waals surface area contributed by atoms with Crippen LogP contribution in [0.3, 0.4) is 0 Å². The van der Waals surface area contributed by atoms with E-state index in [-0.39, 0.29) is 11.3 Å². The molecule has 188 valence electrons. The molecule has 2 fully saturated rings. The molecule has 0 saturated carbocycles. The second-order valence-corrected chi connectivity index (χ2v) is 10.6. The minimum atomic E-state index is -0.120. The Balaban J connectivity index is 1.13. The second-order valence-electron chi connectivity index (χ2n) is 10.6. The first kappa shape index (κ1) is 24.6. The normalized spacial score (nSPS) is 20.6. The SMILES string of the molecule is O=C(C(Cc1ccccc1)c1ccccc1)N1CCC2(CCN(CCCCOc3ccccc3)C2)C1. The molecule has 2 aliphatic heterocycles. The third kappa shape index (κ3) is 6.17. The van der Waals surface area contributed by atoms with Crippen molar-refractivity contribution in [3.63, 3.8) is 0 Å². The summed E-state index contributed by atoms with van der Waals surface area (Å²) in [4.78, 5) is 18.6. The summed E-state index contributed by atoms with van der Waals surface area (Å²) in [5.41, 5.74) is 2.61. The smallest absolute Gasteiger partial charge is 0.230 e. The van der Waals surface area contributed by atoms with Gasteiger partial charge in [-0.15, -0.1) is 0 Å². The Bertz CT molecular complexity index is 1090.